The Morgan fingerprint density at radius 2 is 2.23 bits per heavy atom. The van der Waals surface area contributed by atoms with Crippen LogP contribution in [0, 0.1) is 5.41 Å². The molecule has 72 valence electrons. The van der Waals surface area contributed by atoms with Gasteiger partial charge >= 0.3 is 0 Å². The summed E-state index contributed by atoms with van der Waals surface area (Å²) in [4.78, 5) is 3.93. The Labute approximate surface area is 78.5 Å². The molecule has 2 N–H and O–H groups in total. The lowest BCUT2D eigenvalue weighted by Gasteiger charge is -2.21. The molecule has 2 rings (SSSR count). The molecule has 1 saturated carbocycles. The third-order valence-electron chi connectivity index (χ3n) is 3.03. The summed E-state index contributed by atoms with van der Waals surface area (Å²) in [7, 11) is 1.70. The van der Waals surface area contributed by atoms with Gasteiger partial charge in [0.15, 0.2) is 0 Å². The van der Waals surface area contributed by atoms with Crippen LogP contribution in [-0.4, -0.2) is 30.8 Å². The van der Waals surface area contributed by atoms with Crippen molar-refractivity contribution in [2.45, 2.75) is 25.7 Å². The second-order valence-corrected chi connectivity index (χ2v) is 3.95. The summed E-state index contributed by atoms with van der Waals surface area (Å²) in [6, 6.07) is 0. The lowest BCUT2D eigenvalue weighted by atomic mass is 9.88. The van der Waals surface area contributed by atoms with E-state index in [1.54, 1.807) is 7.05 Å². The van der Waals surface area contributed by atoms with E-state index in [1.165, 1.54) is 25.7 Å². The number of nitrogens with zero attached hydrogens (tertiary/aromatic N) is 3. The number of hydrogen-bond donors (Lipinski definition) is 1. The van der Waals surface area contributed by atoms with Crippen LogP contribution in [0.2, 0.25) is 0 Å². The van der Waals surface area contributed by atoms with Gasteiger partial charge < -0.3 is 5.73 Å². The lowest BCUT2D eigenvalue weighted by molar-refractivity contribution is 0.344. The summed E-state index contributed by atoms with van der Waals surface area (Å²) in [5, 5.41) is 6.11. The molecule has 2 aliphatic rings. The molecule has 4 heteroatoms. The SMILES string of the molecule is CN=C(N)N1CC2(C=N1)CCCC2. The Balaban J connectivity index is 2.06. The summed E-state index contributed by atoms with van der Waals surface area (Å²) in [5.74, 6) is 0.528. The van der Waals surface area contributed by atoms with Gasteiger partial charge in [-0.25, -0.2) is 5.01 Å². The zero-order valence-electron chi connectivity index (χ0n) is 8.03. The van der Waals surface area contributed by atoms with Gasteiger partial charge in [-0.2, -0.15) is 5.10 Å². The van der Waals surface area contributed by atoms with Gasteiger partial charge in [-0.05, 0) is 12.8 Å². The average molecular weight is 180 g/mol. The highest BCUT2D eigenvalue weighted by molar-refractivity contribution is 5.82. The zero-order chi connectivity index (χ0) is 9.31. The van der Waals surface area contributed by atoms with Crippen LogP contribution in [0.3, 0.4) is 0 Å². The number of guanidine groups is 1. The van der Waals surface area contributed by atoms with E-state index in [1.807, 2.05) is 5.01 Å². The van der Waals surface area contributed by atoms with E-state index in [0.717, 1.165) is 6.54 Å². The van der Waals surface area contributed by atoms with Crippen molar-refractivity contribution in [3.05, 3.63) is 0 Å². The minimum Gasteiger partial charge on any atom is -0.368 e. The number of hydrazone groups is 1. The molecule has 0 aromatic heterocycles. The van der Waals surface area contributed by atoms with E-state index in [4.69, 9.17) is 5.73 Å². The second kappa shape index (κ2) is 3.01. The van der Waals surface area contributed by atoms with Crippen LogP contribution in [-0.2, 0) is 0 Å². The molecule has 1 aliphatic carbocycles. The standard InChI is InChI=1S/C9H16N4/c1-11-8(10)13-7-9(6-12-13)4-2-3-5-9/h6H,2-5,7H2,1H3,(H2,10,11). The summed E-state index contributed by atoms with van der Waals surface area (Å²) in [5.41, 5.74) is 6.01. The molecule has 13 heavy (non-hydrogen) atoms. The predicted octanol–water partition coefficient (Wildman–Crippen LogP) is 0.793. The van der Waals surface area contributed by atoms with Crippen molar-refractivity contribution in [1.82, 2.24) is 5.01 Å². The molecular weight excluding hydrogens is 164 g/mol. The van der Waals surface area contributed by atoms with Crippen molar-refractivity contribution in [2.24, 2.45) is 21.2 Å². The highest BCUT2D eigenvalue weighted by Gasteiger charge is 2.38. The molecule has 0 aromatic carbocycles. The fourth-order valence-electron chi connectivity index (χ4n) is 2.19. The summed E-state index contributed by atoms with van der Waals surface area (Å²) < 4.78 is 0. The summed E-state index contributed by atoms with van der Waals surface area (Å²) >= 11 is 0. The molecular formula is C9H16N4. The van der Waals surface area contributed by atoms with Crippen molar-refractivity contribution < 1.29 is 0 Å². The normalized spacial score (nSPS) is 26.2. The van der Waals surface area contributed by atoms with E-state index in [2.05, 4.69) is 16.3 Å². The maximum absolute atomic E-state index is 5.69. The molecule has 0 radical (unpaired) electrons. The van der Waals surface area contributed by atoms with Gasteiger partial charge in [-0.15, -0.1) is 0 Å². The fraction of sp³-hybridized carbons (Fsp3) is 0.778. The van der Waals surface area contributed by atoms with Gasteiger partial charge in [0, 0.05) is 18.7 Å². The molecule has 0 aromatic rings. The van der Waals surface area contributed by atoms with Gasteiger partial charge in [-0.1, -0.05) is 12.8 Å². The highest BCUT2D eigenvalue weighted by atomic mass is 15.5. The number of hydrogen-bond acceptors (Lipinski definition) is 2. The first-order valence-corrected chi connectivity index (χ1v) is 4.81. The Morgan fingerprint density at radius 3 is 2.85 bits per heavy atom. The van der Waals surface area contributed by atoms with Crippen molar-refractivity contribution in [3.63, 3.8) is 0 Å². The van der Waals surface area contributed by atoms with Crippen LogP contribution < -0.4 is 5.73 Å². The number of aliphatic imine (C=N–C) groups is 1. The smallest absolute Gasteiger partial charge is 0.211 e. The van der Waals surface area contributed by atoms with Gasteiger partial charge in [0.2, 0.25) is 5.96 Å². The number of nitrogens with two attached hydrogens (primary N) is 1. The first-order chi connectivity index (χ1) is 6.26. The first kappa shape index (κ1) is 8.53. The van der Waals surface area contributed by atoms with E-state index in [9.17, 15) is 0 Å². The topological polar surface area (TPSA) is 54.0 Å². The summed E-state index contributed by atoms with van der Waals surface area (Å²) in [6.45, 7) is 0.927. The Bertz CT molecular complexity index is 250. The second-order valence-electron chi connectivity index (χ2n) is 3.95. The quantitative estimate of drug-likeness (QED) is 0.442. The maximum Gasteiger partial charge on any atom is 0.211 e. The van der Waals surface area contributed by atoms with Gasteiger partial charge in [0.1, 0.15) is 0 Å². The Kier molecular flexibility index (Phi) is 1.98. The maximum atomic E-state index is 5.69. The van der Waals surface area contributed by atoms with Crippen molar-refractivity contribution in [1.29, 1.82) is 0 Å². The molecule has 1 aliphatic heterocycles. The molecule has 1 fully saturated rings. The van der Waals surface area contributed by atoms with Crippen molar-refractivity contribution >= 4 is 12.2 Å². The first-order valence-electron chi connectivity index (χ1n) is 4.81. The van der Waals surface area contributed by atoms with Crippen LogP contribution in [0.1, 0.15) is 25.7 Å². The molecule has 0 saturated heterocycles. The number of rotatable bonds is 0. The third kappa shape index (κ3) is 1.41. The molecule has 0 atom stereocenters. The van der Waals surface area contributed by atoms with Crippen LogP contribution in [0.25, 0.3) is 0 Å². The van der Waals surface area contributed by atoms with Crippen molar-refractivity contribution in [3.8, 4) is 0 Å². The van der Waals surface area contributed by atoms with E-state index < -0.39 is 0 Å². The largest absolute Gasteiger partial charge is 0.368 e. The van der Waals surface area contributed by atoms with Crippen LogP contribution >= 0.6 is 0 Å². The predicted molar refractivity (Wildman–Crippen MR) is 53.6 cm³/mol. The monoisotopic (exact) mass is 180 g/mol. The molecule has 0 amide bonds. The molecule has 4 nitrogen and oxygen atoms in total. The summed E-state index contributed by atoms with van der Waals surface area (Å²) in [6.07, 6.45) is 7.22. The van der Waals surface area contributed by atoms with E-state index in [-0.39, 0.29) is 0 Å². The molecule has 0 bridgehead atoms. The Hall–Kier alpha value is -1.06. The van der Waals surface area contributed by atoms with Crippen LogP contribution in [0.5, 0.6) is 0 Å². The average Bonchev–Trinajstić information content (AvgIpc) is 2.76. The van der Waals surface area contributed by atoms with Gasteiger partial charge in [0.05, 0.1) is 6.54 Å². The minimum atomic E-state index is 0.315. The van der Waals surface area contributed by atoms with Crippen LogP contribution in [0.15, 0.2) is 10.1 Å². The van der Waals surface area contributed by atoms with Gasteiger partial charge in [0.25, 0.3) is 0 Å². The van der Waals surface area contributed by atoms with Crippen molar-refractivity contribution in [2.75, 3.05) is 13.6 Å². The van der Waals surface area contributed by atoms with Crippen LogP contribution in [0.4, 0.5) is 0 Å². The molecule has 0 unspecified atom stereocenters. The van der Waals surface area contributed by atoms with E-state index >= 15 is 0 Å². The zero-order valence-corrected chi connectivity index (χ0v) is 8.03. The van der Waals surface area contributed by atoms with E-state index in [0.29, 0.717) is 11.4 Å². The third-order valence-corrected chi connectivity index (χ3v) is 3.03. The lowest BCUT2D eigenvalue weighted by Crippen LogP contribution is -2.35. The highest BCUT2D eigenvalue weighted by Crippen LogP contribution is 2.39. The molecule has 1 heterocycles. The fourth-order valence-corrected chi connectivity index (χ4v) is 2.19. The molecule has 1 spiro atoms. The Morgan fingerprint density at radius 1 is 1.54 bits per heavy atom. The minimum absolute atomic E-state index is 0.315. The van der Waals surface area contributed by atoms with Gasteiger partial charge in [-0.3, -0.25) is 4.99 Å².